The van der Waals surface area contributed by atoms with Crippen LogP contribution in [0, 0.1) is 0 Å². The van der Waals surface area contributed by atoms with Gasteiger partial charge in [0, 0.05) is 51.4 Å². The first kappa shape index (κ1) is 15.2. The average molecular weight is 270 g/mol. The summed E-state index contributed by atoms with van der Waals surface area (Å²) in [4.78, 5) is 5.29. The Balaban J connectivity index is 1.77. The Bertz CT molecular complexity index is 257. The molecule has 112 valence electrons. The average Bonchev–Trinajstić information content (AvgIpc) is 2.83. The van der Waals surface area contributed by atoms with Crippen molar-refractivity contribution < 1.29 is 9.47 Å². The van der Waals surface area contributed by atoms with Gasteiger partial charge in [-0.05, 0) is 40.2 Å². The molecule has 2 aliphatic heterocycles. The van der Waals surface area contributed by atoms with E-state index in [-0.39, 0.29) is 6.29 Å². The molecule has 2 saturated heterocycles. The van der Waals surface area contributed by atoms with Gasteiger partial charge in [0.25, 0.3) is 0 Å². The van der Waals surface area contributed by atoms with Crippen LogP contribution < -0.4 is 0 Å². The Morgan fingerprint density at radius 2 is 1.89 bits per heavy atom. The van der Waals surface area contributed by atoms with E-state index in [0.29, 0.717) is 6.04 Å². The molecule has 0 bridgehead atoms. The monoisotopic (exact) mass is 270 g/mol. The summed E-state index contributed by atoms with van der Waals surface area (Å²) in [6, 6.07) is 1.46. The highest BCUT2D eigenvalue weighted by atomic mass is 16.7. The summed E-state index contributed by atoms with van der Waals surface area (Å²) in [6.45, 7) is 12.8. The second kappa shape index (κ2) is 7.58. The zero-order valence-corrected chi connectivity index (χ0v) is 12.8. The van der Waals surface area contributed by atoms with Crippen molar-refractivity contribution >= 4 is 0 Å². The molecule has 0 aromatic heterocycles. The smallest absolute Gasteiger partial charge is 0.158 e. The lowest BCUT2D eigenvalue weighted by molar-refractivity contribution is -0.143. The first-order valence-corrected chi connectivity index (χ1v) is 7.95. The van der Waals surface area contributed by atoms with Gasteiger partial charge in [-0.1, -0.05) is 0 Å². The van der Waals surface area contributed by atoms with E-state index >= 15 is 0 Å². The zero-order valence-electron chi connectivity index (χ0n) is 12.8. The van der Waals surface area contributed by atoms with Gasteiger partial charge in [-0.3, -0.25) is 9.80 Å². The molecule has 0 aliphatic carbocycles. The molecule has 0 N–H and O–H groups in total. The van der Waals surface area contributed by atoms with Crippen LogP contribution in [0.5, 0.6) is 0 Å². The highest BCUT2D eigenvalue weighted by molar-refractivity contribution is 4.90. The van der Waals surface area contributed by atoms with Gasteiger partial charge in [-0.25, -0.2) is 0 Å². The van der Waals surface area contributed by atoms with E-state index in [2.05, 4.69) is 16.7 Å². The second-order valence-electron chi connectivity index (χ2n) is 5.76. The minimum absolute atomic E-state index is 0.0243. The Morgan fingerprint density at radius 1 is 1.16 bits per heavy atom. The SMILES string of the molecule is CCOC(CCN1CC2CCCN2CC1C)OCC. The maximum atomic E-state index is 5.64. The molecule has 4 heteroatoms. The zero-order chi connectivity index (χ0) is 13.7. The minimum Gasteiger partial charge on any atom is -0.353 e. The number of rotatable bonds is 7. The van der Waals surface area contributed by atoms with Crippen molar-refractivity contribution in [2.45, 2.75) is 58.4 Å². The molecule has 2 heterocycles. The molecule has 0 radical (unpaired) electrons. The van der Waals surface area contributed by atoms with Crippen LogP contribution in [0.3, 0.4) is 0 Å². The van der Waals surface area contributed by atoms with E-state index in [1.807, 2.05) is 13.8 Å². The van der Waals surface area contributed by atoms with Crippen molar-refractivity contribution in [3.05, 3.63) is 0 Å². The van der Waals surface area contributed by atoms with Gasteiger partial charge in [-0.2, -0.15) is 0 Å². The molecule has 2 unspecified atom stereocenters. The van der Waals surface area contributed by atoms with Crippen LogP contribution in [0.15, 0.2) is 0 Å². The normalized spacial score (nSPS) is 29.1. The molecule has 2 fully saturated rings. The van der Waals surface area contributed by atoms with Gasteiger partial charge < -0.3 is 9.47 Å². The third-order valence-corrected chi connectivity index (χ3v) is 4.42. The first-order valence-electron chi connectivity index (χ1n) is 7.95. The molecule has 4 nitrogen and oxygen atoms in total. The fourth-order valence-corrected chi connectivity index (χ4v) is 3.42. The lowest BCUT2D eigenvalue weighted by atomic mass is 10.1. The molecule has 2 rings (SSSR count). The van der Waals surface area contributed by atoms with Crippen molar-refractivity contribution in [2.75, 3.05) is 39.4 Å². The van der Waals surface area contributed by atoms with Crippen LogP contribution in [-0.2, 0) is 9.47 Å². The third kappa shape index (κ3) is 4.15. The van der Waals surface area contributed by atoms with Crippen LogP contribution in [0.25, 0.3) is 0 Å². The predicted octanol–water partition coefficient (Wildman–Crippen LogP) is 1.94. The summed E-state index contributed by atoms with van der Waals surface area (Å²) < 4.78 is 11.3. The highest BCUT2D eigenvalue weighted by Crippen LogP contribution is 2.24. The highest BCUT2D eigenvalue weighted by Gasteiger charge is 2.34. The molecule has 2 atom stereocenters. The summed E-state index contributed by atoms with van der Waals surface area (Å²) in [7, 11) is 0. The molecular formula is C15H30N2O2. The minimum atomic E-state index is -0.0243. The number of hydrogen-bond acceptors (Lipinski definition) is 4. The summed E-state index contributed by atoms with van der Waals surface area (Å²) in [5.74, 6) is 0. The molecule has 0 saturated carbocycles. The Morgan fingerprint density at radius 3 is 2.58 bits per heavy atom. The largest absolute Gasteiger partial charge is 0.353 e. The van der Waals surface area contributed by atoms with Crippen molar-refractivity contribution in [3.8, 4) is 0 Å². The van der Waals surface area contributed by atoms with Crippen molar-refractivity contribution in [1.82, 2.24) is 9.80 Å². The van der Waals surface area contributed by atoms with Gasteiger partial charge in [-0.15, -0.1) is 0 Å². The topological polar surface area (TPSA) is 24.9 Å². The van der Waals surface area contributed by atoms with Gasteiger partial charge in [0.15, 0.2) is 6.29 Å². The van der Waals surface area contributed by atoms with E-state index in [1.54, 1.807) is 0 Å². The van der Waals surface area contributed by atoms with E-state index < -0.39 is 0 Å². The molecule has 19 heavy (non-hydrogen) atoms. The summed E-state index contributed by atoms with van der Waals surface area (Å²) in [5, 5.41) is 0. The second-order valence-corrected chi connectivity index (χ2v) is 5.76. The summed E-state index contributed by atoms with van der Waals surface area (Å²) in [6.07, 6.45) is 3.72. The van der Waals surface area contributed by atoms with Gasteiger partial charge in [0.05, 0.1) is 0 Å². The maximum absolute atomic E-state index is 5.64. The molecule has 0 aromatic rings. The fourth-order valence-electron chi connectivity index (χ4n) is 3.42. The van der Waals surface area contributed by atoms with E-state index in [0.717, 1.165) is 32.2 Å². The molecule has 0 spiro atoms. The quantitative estimate of drug-likeness (QED) is 0.660. The van der Waals surface area contributed by atoms with Crippen LogP contribution >= 0.6 is 0 Å². The standard InChI is InChI=1S/C15H30N2O2/c1-4-18-15(19-5-2)8-10-16-12-14-7-6-9-17(14)11-13(16)3/h13-15H,4-12H2,1-3H3. The summed E-state index contributed by atoms with van der Waals surface area (Å²) in [5.41, 5.74) is 0. The van der Waals surface area contributed by atoms with Crippen LogP contribution in [0.1, 0.15) is 40.0 Å². The number of piperazine rings is 1. The molecule has 0 aromatic carbocycles. The summed E-state index contributed by atoms with van der Waals surface area (Å²) >= 11 is 0. The molecule has 0 amide bonds. The predicted molar refractivity (Wildman–Crippen MR) is 77.3 cm³/mol. The van der Waals surface area contributed by atoms with E-state index in [9.17, 15) is 0 Å². The van der Waals surface area contributed by atoms with Crippen molar-refractivity contribution in [1.29, 1.82) is 0 Å². The van der Waals surface area contributed by atoms with Crippen LogP contribution in [0.2, 0.25) is 0 Å². The number of nitrogens with zero attached hydrogens (tertiary/aromatic N) is 2. The van der Waals surface area contributed by atoms with Gasteiger partial charge in [0.2, 0.25) is 0 Å². The Hall–Kier alpha value is -0.160. The number of ether oxygens (including phenoxy) is 2. The van der Waals surface area contributed by atoms with Crippen LogP contribution in [-0.4, -0.2) is 67.6 Å². The van der Waals surface area contributed by atoms with E-state index in [1.165, 1.54) is 32.5 Å². The molecule has 2 aliphatic rings. The van der Waals surface area contributed by atoms with Crippen LogP contribution in [0.4, 0.5) is 0 Å². The number of fused-ring (bicyclic) bond motifs is 1. The first-order chi connectivity index (χ1) is 9.24. The molecular weight excluding hydrogens is 240 g/mol. The third-order valence-electron chi connectivity index (χ3n) is 4.42. The van der Waals surface area contributed by atoms with Crippen molar-refractivity contribution in [2.24, 2.45) is 0 Å². The maximum Gasteiger partial charge on any atom is 0.158 e. The fraction of sp³-hybridized carbons (Fsp3) is 1.00. The lowest BCUT2D eigenvalue weighted by Gasteiger charge is -2.42. The van der Waals surface area contributed by atoms with E-state index in [4.69, 9.17) is 9.47 Å². The van der Waals surface area contributed by atoms with Crippen molar-refractivity contribution in [3.63, 3.8) is 0 Å². The van der Waals surface area contributed by atoms with Gasteiger partial charge >= 0.3 is 0 Å². The van der Waals surface area contributed by atoms with Gasteiger partial charge in [0.1, 0.15) is 0 Å². The Kier molecular flexibility index (Phi) is 6.07. The lowest BCUT2D eigenvalue weighted by Crippen LogP contribution is -2.55. The Labute approximate surface area is 118 Å². The number of hydrogen-bond donors (Lipinski definition) is 0.